The van der Waals surface area contributed by atoms with Crippen LogP contribution in [0.2, 0.25) is 0 Å². The van der Waals surface area contributed by atoms with Gasteiger partial charge < -0.3 is 9.47 Å². The van der Waals surface area contributed by atoms with Crippen LogP contribution in [-0.2, 0) is 7.05 Å². The van der Waals surface area contributed by atoms with Crippen LogP contribution in [0.5, 0.6) is 0 Å². The lowest BCUT2D eigenvalue weighted by Gasteiger charge is -2.25. The average molecular weight is 251 g/mol. The van der Waals surface area contributed by atoms with Crippen molar-refractivity contribution in [3.8, 4) is 0 Å². The van der Waals surface area contributed by atoms with Crippen LogP contribution < -0.4 is 4.90 Å². The van der Waals surface area contributed by atoms with Gasteiger partial charge in [-0.1, -0.05) is 30.3 Å². The van der Waals surface area contributed by atoms with Crippen molar-refractivity contribution in [2.45, 2.75) is 0 Å². The Morgan fingerprint density at radius 1 is 1.16 bits per heavy atom. The van der Waals surface area contributed by atoms with Gasteiger partial charge in [-0.25, -0.2) is 9.98 Å². The number of hydrogen-bond acceptors (Lipinski definition) is 4. The Bertz CT molecular complexity index is 696. The third kappa shape index (κ3) is 1.44. The number of hydrogen-bond donors (Lipinski definition) is 0. The minimum atomic E-state index is 0.780. The Kier molecular flexibility index (Phi) is 2.09. The van der Waals surface area contributed by atoms with Gasteiger partial charge in [-0.15, -0.1) is 0 Å². The number of aromatic nitrogens is 2. The van der Waals surface area contributed by atoms with Crippen LogP contribution in [0, 0.1) is 0 Å². The lowest BCUT2D eigenvalue weighted by atomic mass is 10.1. The second-order valence-corrected chi connectivity index (χ2v) is 4.69. The first-order valence-electron chi connectivity index (χ1n) is 6.32. The monoisotopic (exact) mass is 251 g/mol. The summed E-state index contributed by atoms with van der Waals surface area (Å²) in [6.07, 6.45) is 1.80. The molecule has 94 valence electrons. The summed E-state index contributed by atoms with van der Waals surface area (Å²) in [4.78, 5) is 15.9. The molecule has 0 saturated carbocycles. The molecule has 2 aromatic rings. The summed E-state index contributed by atoms with van der Waals surface area (Å²) in [6.45, 7) is 1.71. The highest BCUT2D eigenvalue weighted by Gasteiger charge is 2.32. The Hall–Kier alpha value is -2.43. The molecule has 0 unspecified atom stereocenters. The third-order valence-corrected chi connectivity index (χ3v) is 3.46. The molecule has 0 spiro atoms. The summed E-state index contributed by atoms with van der Waals surface area (Å²) < 4.78 is 2.00. The number of amidine groups is 1. The quantitative estimate of drug-likeness (QED) is 0.775. The molecule has 2 aliphatic heterocycles. The predicted molar refractivity (Wildman–Crippen MR) is 75.5 cm³/mol. The molecule has 0 saturated heterocycles. The van der Waals surface area contributed by atoms with E-state index in [0.29, 0.717) is 0 Å². The van der Waals surface area contributed by atoms with Crippen LogP contribution in [-0.4, -0.2) is 34.2 Å². The van der Waals surface area contributed by atoms with E-state index < -0.39 is 0 Å². The first-order chi connectivity index (χ1) is 9.34. The molecule has 5 heteroatoms. The molecule has 0 radical (unpaired) electrons. The fourth-order valence-corrected chi connectivity index (χ4v) is 2.60. The summed E-state index contributed by atoms with van der Waals surface area (Å²) in [5.41, 5.74) is 2.01. The molecule has 1 aromatic carbocycles. The van der Waals surface area contributed by atoms with E-state index in [9.17, 15) is 0 Å². The summed E-state index contributed by atoms with van der Waals surface area (Å²) in [5, 5.41) is 0. The molecular weight excluding hydrogens is 238 g/mol. The zero-order valence-corrected chi connectivity index (χ0v) is 10.6. The number of rotatable bonds is 1. The Labute approximate surface area is 110 Å². The number of aryl methyl sites for hydroxylation is 1. The maximum absolute atomic E-state index is 4.69. The number of anilines is 1. The maximum atomic E-state index is 4.69. The maximum Gasteiger partial charge on any atom is 0.196 e. The third-order valence-electron chi connectivity index (χ3n) is 3.46. The van der Waals surface area contributed by atoms with Crippen LogP contribution in [0.25, 0.3) is 0 Å². The molecule has 0 amide bonds. The fraction of sp³-hybridized carbons (Fsp3) is 0.214. The van der Waals surface area contributed by atoms with E-state index in [4.69, 9.17) is 4.99 Å². The summed E-state index contributed by atoms with van der Waals surface area (Å²) in [5.74, 6) is 2.78. The van der Waals surface area contributed by atoms with Gasteiger partial charge in [0.05, 0.1) is 12.9 Å². The zero-order chi connectivity index (χ0) is 12.8. The highest BCUT2D eigenvalue weighted by atomic mass is 15.4. The largest absolute Gasteiger partial charge is 0.318 e. The van der Waals surface area contributed by atoms with E-state index in [1.54, 1.807) is 6.33 Å². The first-order valence-corrected chi connectivity index (χ1v) is 6.32. The highest BCUT2D eigenvalue weighted by molar-refractivity contribution is 6.53. The first kappa shape index (κ1) is 10.5. The van der Waals surface area contributed by atoms with Gasteiger partial charge in [0.15, 0.2) is 17.5 Å². The molecule has 2 aliphatic rings. The molecule has 0 bridgehead atoms. The molecule has 0 atom stereocenters. The van der Waals surface area contributed by atoms with Gasteiger partial charge in [0.2, 0.25) is 0 Å². The minimum absolute atomic E-state index is 0.780. The van der Waals surface area contributed by atoms with E-state index in [0.717, 1.165) is 41.8 Å². The van der Waals surface area contributed by atoms with Gasteiger partial charge in [-0.2, -0.15) is 0 Å². The minimum Gasteiger partial charge on any atom is -0.318 e. The molecule has 4 rings (SSSR count). The number of benzene rings is 1. The summed E-state index contributed by atoms with van der Waals surface area (Å²) >= 11 is 0. The molecule has 1 aromatic heterocycles. The van der Waals surface area contributed by atoms with Crippen LogP contribution in [0.15, 0.2) is 46.6 Å². The molecule has 0 fully saturated rings. The molecular formula is C14H13N5. The SMILES string of the molecule is Cn1cnc2c1N1CCN=C1C(c1ccccc1)=N2. The van der Waals surface area contributed by atoms with Crippen molar-refractivity contribution >= 4 is 23.2 Å². The Morgan fingerprint density at radius 3 is 2.84 bits per heavy atom. The highest BCUT2D eigenvalue weighted by Crippen LogP contribution is 2.33. The van der Waals surface area contributed by atoms with Crippen molar-refractivity contribution in [2.75, 3.05) is 18.0 Å². The standard InChI is InChI=1S/C14H13N5/c1-18-9-16-12-14(18)19-8-7-15-13(19)11(17-12)10-5-3-2-4-6-10/h2-6,9H,7-8H2,1H3. The van der Waals surface area contributed by atoms with Crippen molar-refractivity contribution in [3.05, 3.63) is 42.2 Å². The predicted octanol–water partition coefficient (Wildman–Crippen LogP) is 1.77. The van der Waals surface area contributed by atoms with E-state index in [1.807, 2.05) is 29.8 Å². The smallest absolute Gasteiger partial charge is 0.196 e. The van der Waals surface area contributed by atoms with Crippen LogP contribution >= 0.6 is 0 Å². The Morgan fingerprint density at radius 2 is 2.00 bits per heavy atom. The van der Waals surface area contributed by atoms with E-state index in [1.165, 1.54) is 0 Å². The average Bonchev–Trinajstić information content (AvgIpc) is 3.05. The fourth-order valence-electron chi connectivity index (χ4n) is 2.60. The van der Waals surface area contributed by atoms with E-state index in [2.05, 4.69) is 27.0 Å². The zero-order valence-electron chi connectivity index (χ0n) is 10.6. The number of aliphatic imine (C=N–C) groups is 2. The van der Waals surface area contributed by atoms with Crippen molar-refractivity contribution in [1.82, 2.24) is 9.55 Å². The van der Waals surface area contributed by atoms with Crippen molar-refractivity contribution < 1.29 is 0 Å². The van der Waals surface area contributed by atoms with Crippen molar-refractivity contribution in [2.24, 2.45) is 17.0 Å². The number of imidazole rings is 1. The van der Waals surface area contributed by atoms with Gasteiger partial charge in [-0.05, 0) is 0 Å². The summed E-state index contributed by atoms with van der Waals surface area (Å²) in [7, 11) is 1.99. The van der Waals surface area contributed by atoms with Crippen LogP contribution in [0.1, 0.15) is 5.56 Å². The van der Waals surface area contributed by atoms with Crippen molar-refractivity contribution in [1.29, 1.82) is 0 Å². The molecule has 0 aliphatic carbocycles. The van der Waals surface area contributed by atoms with Gasteiger partial charge in [0.25, 0.3) is 0 Å². The van der Waals surface area contributed by atoms with Gasteiger partial charge >= 0.3 is 0 Å². The van der Waals surface area contributed by atoms with Gasteiger partial charge in [0, 0.05) is 19.2 Å². The molecule has 19 heavy (non-hydrogen) atoms. The molecule has 5 nitrogen and oxygen atoms in total. The Balaban J connectivity index is 1.94. The van der Waals surface area contributed by atoms with Crippen molar-refractivity contribution in [3.63, 3.8) is 0 Å². The summed E-state index contributed by atoms with van der Waals surface area (Å²) in [6, 6.07) is 10.2. The van der Waals surface area contributed by atoms with Crippen LogP contribution in [0.4, 0.5) is 11.6 Å². The van der Waals surface area contributed by atoms with E-state index in [-0.39, 0.29) is 0 Å². The lowest BCUT2D eigenvalue weighted by molar-refractivity contribution is 0.877. The van der Waals surface area contributed by atoms with Gasteiger partial charge in [0.1, 0.15) is 5.71 Å². The normalized spacial score (nSPS) is 16.8. The van der Waals surface area contributed by atoms with Crippen LogP contribution in [0.3, 0.4) is 0 Å². The number of nitrogens with zero attached hydrogens (tertiary/aromatic N) is 5. The van der Waals surface area contributed by atoms with E-state index >= 15 is 0 Å². The molecule has 3 heterocycles. The van der Waals surface area contributed by atoms with Gasteiger partial charge in [-0.3, -0.25) is 4.99 Å². The second-order valence-electron chi connectivity index (χ2n) is 4.69. The molecule has 0 N–H and O–H groups in total. The second kappa shape index (κ2) is 3.78. The lowest BCUT2D eigenvalue weighted by Crippen LogP contribution is -2.37. The number of fused-ring (bicyclic) bond motifs is 3. The topological polar surface area (TPSA) is 45.8 Å².